The average Bonchev–Trinajstić information content (AvgIpc) is 2.85. The Morgan fingerprint density at radius 1 is 0.722 bits per heavy atom. The number of carbonyl (C=O) groups is 2. The van der Waals surface area contributed by atoms with Crippen LogP contribution < -0.4 is 0 Å². The van der Waals surface area contributed by atoms with Crippen LogP contribution in [0.5, 0.6) is 0 Å². The van der Waals surface area contributed by atoms with Crippen LogP contribution in [0.3, 0.4) is 0 Å². The number of phosphoric ester groups is 1. The van der Waals surface area contributed by atoms with E-state index in [-0.39, 0.29) is 19.4 Å². The van der Waals surface area contributed by atoms with Crippen molar-refractivity contribution in [3.63, 3.8) is 0 Å². The van der Waals surface area contributed by atoms with Gasteiger partial charge in [-0.3, -0.25) is 18.6 Å². The number of aliphatic hydroxyl groups is 2. The Morgan fingerprint density at radius 2 is 1.19 bits per heavy atom. The third kappa shape index (κ3) is 22.2. The Hall–Kier alpha value is -1.03. The second-order valence-electron chi connectivity index (χ2n) is 9.08. The number of hydrogen-bond donors (Lipinski definition) is 3. The second kappa shape index (κ2) is 23.1. The number of carbonyl (C=O) groups excluding carboxylic acids is 2. The molecule has 0 rings (SSSR count). The van der Waals surface area contributed by atoms with Gasteiger partial charge in [-0.1, -0.05) is 84.5 Å². The molecule has 0 aromatic rings. The Balaban J connectivity index is 4.56. The van der Waals surface area contributed by atoms with E-state index in [1.54, 1.807) is 0 Å². The molecule has 10 nitrogen and oxygen atoms in total. The fourth-order valence-electron chi connectivity index (χ4n) is 3.34. The van der Waals surface area contributed by atoms with Crippen molar-refractivity contribution in [3.8, 4) is 0 Å². The number of esters is 2. The molecule has 0 amide bonds. The lowest BCUT2D eigenvalue weighted by Gasteiger charge is -2.20. The van der Waals surface area contributed by atoms with Gasteiger partial charge in [-0.15, -0.1) is 0 Å². The molecule has 0 aromatic heterocycles. The van der Waals surface area contributed by atoms with Crippen LogP contribution in [0, 0.1) is 0 Å². The maximum absolute atomic E-state index is 12.3. The number of unbranched alkanes of at least 4 members (excludes halogenated alkanes) is 11. The highest BCUT2D eigenvalue weighted by Crippen LogP contribution is 2.43. The highest BCUT2D eigenvalue weighted by molar-refractivity contribution is 7.47. The summed E-state index contributed by atoms with van der Waals surface area (Å²) >= 11 is 0. The SMILES string of the molecule is CCCCCCCCCC(=O)O[C@@H](COC(=O)CCCCCCCC)COP(=O)(O)OC[C@H](O)CO. The van der Waals surface area contributed by atoms with E-state index in [4.69, 9.17) is 19.1 Å². The van der Waals surface area contributed by atoms with E-state index in [0.717, 1.165) is 44.9 Å². The van der Waals surface area contributed by atoms with Crippen molar-refractivity contribution in [3.05, 3.63) is 0 Å². The minimum absolute atomic E-state index is 0.186. The first-order valence-corrected chi connectivity index (χ1v) is 15.0. The highest BCUT2D eigenvalue weighted by Gasteiger charge is 2.27. The van der Waals surface area contributed by atoms with E-state index in [1.807, 2.05) is 0 Å². The molecule has 0 spiro atoms. The predicted molar refractivity (Wildman–Crippen MR) is 136 cm³/mol. The molecule has 214 valence electrons. The third-order valence-electron chi connectivity index (χ3n) is 5.51. The molecule has 1 unspecified atom stereocenters. The van der Waals surface area contributed by atoms with Gasteiger partial charge in [0.1, 0.15) is 12.7 Å². The van der Waals surface area contributed by atoms with Crippen molar-refractivity contribution >= 4 is 19.8 Å². The molecule has 0 aliphatic carbocycles. The first kappa shape index (κ1) is 35.0. The van der Waals surface area contributed by atoms with Gasteiger partial charge in [-0.05, 0) is 12.8 Å². The summed E-state index contributed by atoms with van der Waals surface area (Å²) in [6.07, 6.45) is 11.5. The van der Waals surface area contributed by atoms with E-state index >= 15 is 0 Å². The van der Waals surface area contributed by atoms with Crippen molar-refractivity contribution in [2.75, 3.05) is 26.4 Å². The van der Waals surface area contributed by atoms with Crippen LogP contribution in [0.25, 0.3) is 0 Å². The fraction of sp³-hybridized carbons (Fsp3) is 0.920. The van der Waals surface area contributed by atoms with Crippen LogP contribution in [0.2, 0.25) is 0 Å². The molecule has 0 aliphatic rings. The van der Waals surface area contributed by atoms with Gasteiger partial charge in [0.15, 0.2) is 6.10 Å². The van der Waals surface area contributed by atoms with Crippen molar-refractivity contribution in [1.29, 1.82) is 0 Å². The molecule has 0 saturated heterocycles. The number of ether oxygens (including phenoxy) is 2. The van der Waals surface area contributed by atoms with E-state index in [9.17, 15) is 24.2 Å². The van der Waals surface area contributed by atoms with Crippen LogP contribution >= 0.6 is 7.82 Å². The Bertz CT molecular complexity index is 601. The molecule has 0 aliphatic heterocycles. The smallest absolute Gasteiger partial charge is 0.462 e. The molecule has 0 saturated carbocycles. The number of aliphatic hydroxyl groups excluding tert-OH is 2. The first-order chi connectivity index (χ1) is 17.2. The van der Waals surface area contributed by atoms with Crippen LogP contribution in [0.15, 0.2) is 0 Å². The first-order valence-electron chi connectivity index (χ1n) is 13.5. The highest BCUT2D eigenvalue weighted by atomic mass is 31.2. The van der Waals surface area contributed by atoms with E-state index in [0.29, 0.717) is 12.8 Å². The summed E-state index contributed by atoms with van der Waals surface area (Å²) in [5.74, 6) is -0.943. The molecular weight excluding hydrogens is 491 g/mol. The molecule has 3 atom stereocenters. The summed E-state index contributed by atoms with van der Waals surface area (Å²) in [4.78, 5) is 34.1. The Morgan fingerprint density at radius 3 is 1.72 bits per heavy atom. The minimum atomic E-state index is -4.58. The lowest BCUT2D eigenvalue weighted by molar-refractivity contribution is -0.161. The maximum Gasteiger partial charge on any atom is 0.472 e. The zero-order valence-electron chi connectivity index (χ0n) is 22.2. The molecule has 36 heavy (non-hydrogen) atoms. The largest absolute Gasteiger partial charge is 0.472 e. The van der Waals surface area contributed by atoms with Gasteiger partial charge in [-0.25, -0.2) is 4.57 Å². The van der Waals surface area contributed by atoms with Gasteiger partial charge in [0.25, 0.3) is 0 Å². The molecule has 0 heterocycles. The quantitative estimate of drug-likeness (QED) is 0.0836. The maximum atomic E-state index is 12.3. The predicted octanol–water partition coefficient (Wildman–Crippen LogP) is 4.82. The van der Waals surface area contributed by atoms with Crippen molar-refractivity contribution in [1.82, 2.24) is 0 Å². The van der Waals surface area contributed by atoms with Gasteiger partial charge in [0, 0.05) is 12.8 Å². The van der Waals surface area contributed by atoms with Gasteiger partial charge < -0.3 is 24.6 Å². The van der Waals surface area contributed by atoms with Gasteiger partial charge in [0.05, 0.1) is 19.8 Å². The zero-order valence-corrected chi connectivity index (χ0v) is 23.1. The van der Waals surface area contributed by atoms with Gasteiger partial charge >= 0.3 is 19.8 Å². The summed E-state index contributed by atoms with van der Waals surface area (Å²) in [7, 11) is -4.58. The lowest BCUT2D eigenvalue weighted by Crippen LogP contribution is -2.29. The van der Waals surface area contributed by atoms with Crippen LogP contribution in [0.4, 0.5) is 0 Å². The third-order valence-corrected chi connectivity index (χ3v) is 6.46. The van der Waals surface area contributed by atoms with E-state index in [2.05, 4.69) is 18.4 Å². The van der Waals surface area contributed by atoms with E-state index < -0.39 is 51.8 Å². The molecule has 0 bridgehead atoms. The standard InChI is InChI=1S/C25H49O10P/c1-3-5-7-9-11-13-15-17-25(29)35-23(21-34-36(30,31)33-19-22(27)18-26)20-32-24(28)16-14-12-10-8-6-4-2/h22-23,26-27H,3-21H2,1-2H3,(H,30,31)/t22-,23+/m1/s1. The normalized spacial score (nSPS) is 14.7. The molecule has 11 heteroatoms. The summed E-state index contributed by atoms with van der Waals surface area (Å²) < 4.78 is 32.0. The summed E-state index contributed by atoms with van der Waals surface area (Å²) in [5.41, 5.74) is 0. The number of hydrogen-bond acceptors (Lipinski definition) is 9. The molecule has 3 N–H and O–H groups in total. The van der Waals surface area contributed by atoms with Crippen molar-refractivity contribution < 1.29 is 47.8 Å². The summed E-state index contributed by atoms with van der Waals surface area (Å²) in [6, 6.07) is 0. The molecular formula is C25H49O10P. The zero-order chi connectivity index (χ0) is 27.1. The molecule has 0 radical (unpaired) electrons. The van der Waals surface area contributed by atoms with Crippen LogP contribution in [0.1, 0.15) is 110 Å². The summed E-state index contributed by atoms with van der Waals surface area (Å²) in [5, 5.41) is 18.0. The second-order valence-corrected chi connectivity index (χ2v) is 10.5. The van der Waals surface area contributed by atoms with Gasteiger partial charge in [-0.2, -0.15) is 0 Å². The van der Waals surface area contributed by atoms with E-state index in [1.165, 1.54) is 25.7 Å². The topological polar surface area (TPSA) is 149 Å². The fourth-order valence-corrected chi connectivity index (χ4v) is 4.13. The number of rotatable bonds is 25. The monoisotopic (exact) mass is 540 g/mol. The lowest BCUT2D eigenvalue weighted by atomic mass is 10.1. The number of phosphoric acid groups is 1. The van der Waals surface area contributed by atoms with Crippen molar-refractivity contribution in [2.45, 2.75) is 122 Å². The van der Waals surface area contributed by atoms with Gasteiger partial charge in [0.2, 0.25) is 0 Å². The van der Waals surface area contributed by atoms with Crippen molar-refractivity contribution in [2.24, 2.45) is 0 Å². The summed E-state index contributed by atoms with van der Waals surface area (Å²) in [6.45, 7) is 2.20. The molecule has 0 fully saturated rings. The molecule has 0 aromatic carbocycles. The Labute approximate surface area is 216 Å². The Kier molecular flexibility index (Phi) is 22.5. The minimum Gasteiger partial charge on any atom is -0.462 e. The average molecular weight is 541 g/mol. The van der Waals surface area contributed by atoms with Crippen LogP contribution in [-0.4, -0.2) is 65.7 Å². The van der Waals surface area contributed by atoms with Crippen LogP contribution in [-0.2, 0) is 32.7 Å².